The summed E-state index contributed by atoms with van der Waals surface area (Å²) in [5, 5.41) is 0. The third-order valence-corrected chi connectivity index (χ3v) is 7.15. The molecule has 6 heteroatoms. The van der Waals surface area contributed by atoms with Crippen LogP contribution >= 0.6 is 31.9 Å². The molecule has 31 heavy (non-hydrogen) atoms. The standard InChI is InChI=1S/C25H22Br2O4/c1-2-29-20-13-11-19(12-14-20)24(17-25(24,26)27)23(28)30-16-18-7-6-10-22(15-18)31-21-8-4-3-5-9-21/h3-15H,2,16-17H2,1H3. The van der Waals surface area contributed by atoms with Crippen LogP contribution in [0.5, 0.6) is 17.2 Å². The average Bonchev–Trinajstić information content (AvgIpc) is 3.37. The number of alkyl halides is 2. The number of esters is 1. The third-order valence-electron chi connectivity index (χ3n) is 5.24. The Kier molecular flexibility index (Phi) is 6.39. The second kappa shape index (κ2) is 9.05. The Morgan fingerprint density at radius 1 is 0.903 bits per heavy atom. The van der Waals surface area contributed by atoms with Crippen LogP contribution in [0.1, 0.15) is 24.5 Å². The van der Waals surface area contributed by atoms with E-state index >= 15 is 0 Å². The van der Waals surface area contributed by atoms with E-state index in [0.717, 1.165) is 22.6 Å². The van der Waals surface area contributed by atoms with Gasteiger partial charge < -0.3 is 14.2 Å². The summed E-state index contributed by atoms with van der Waals surface area (Å²) >= 11 is 7.27. The molecule has 0 radical (unpaired) electrons. The summed E-state index contributed by atoms with van der Waals surface area (Å²) in [5.41, 5.74) is 0.963. The Bertz CT molecular complexity index is 1050. The van der Waals surface area contributed by atoms with Gasteiger partial charge in [-0.2, -0.15) is 0 Å². The number of halogens is 2. The summed E-state index contributed by atoms with van der Waals surface area (Å²) in [6.45, 7) is 2.70. The minimum Gasteiger partial charge on any atom is -0.494 e. The van der Waals surface area contributed by atoms with E-state index in [4.69, 9.17) is 14.2 Å². The van der Waals surface area contributed by atoms with Gasteiger partial charge in [-0.3, -0.25) is 4.79 Å². The monoisotopic (exact) mass is 544 g/mol. The van der Waals surface area contributed by atoms with E-state index in [1.54, 1.807) is 0 Å². The lowest BCUT2D eigenvalue weighted by Crippen LogP contribution is -2.28. The van der Waals surface area contributed by atoms with Crippen LogP contribution in [0.3, 0.4) is 0 Å². The van der Waals surface area contributed by atoms with Crippen molar-refractivity contribution < 1.29 is 19.0 Å². The summed E-state index contributed by atoms with van der Waals surface area (Å²) in [5.74, 6) is 1.95. The molecule has 3 aromatic rings. The number of carbonyl (C=O) groups is 1. The lowest BCUT2D eigenvalue weighted by atomic mass is 9.96. The van der Waals surface area contributed by atoms with Crippen molar-refractivity contribution in [2.24, 2.45) is 0 Å². The first-order valence-corrected chi connectivity index (χ1v) is 11.6. The maximum Gasteiger partial charge on any atom is 0.319 e. The van der Waals surface area contributed by atoms with Gasteiger partial charge in [0, 0.05) is 0 Å². The molecule has 0 heterocycles. The molecule has 1 aliphatic carbocycles. The Morgan fingerprint density at radius 2 is 1.58 bits per heavy atom. The lowest BCUT2D eigenvalue weighted by Gasteiger charge is -2.19. The Labute approximate surface area is 198 Å². The summed E-state index contributed by atoms with van der Waals surface area (Å²) in [6.07, 6.45) is 0.601. The van der Waals surface area contributed by atoms with Gasteiger partial charge in [-0.15, -0.1) is 0 Å². The molecule has 1 atom stereocenters. The maximum atomic E-state index is 13.2. The first-order valence-electron chi connectivity index (χ1n) is 10.0. The zero-order valence-corrected chi connectivity index (χ0v) is 20.2. The topological polar surface area (TPSA) is 44.8 Å². The zero-order chi connectivity index (χ0) is 21.9. The molecule has 0 saturated heterocycles. The van der Waals surface area contributed by atoms with Crippen molar-refractivity contribution in [3.8, 4) is 17.2 Å². The largest absolute Gasteiger partial charge is 0.494 e. The second-order valence-corrected chi connectivity index (χ2v) is 11.2. The highest BCUT2D eigenvalue weighted by molar-refractivity contribution is 9.25. The molecule has 1 fully saturated rings. The van der Waals surface area contributed by atoms with Crippen molar-refractivity contribution in [2.45, 2.75) is 28.6 Å². The molecule has 0 aliphatic heterocycles. The molecule has 0 N–H and O–H groups in total. The van der Waals surface area contributed by atoms with Crippen LogP contribution in [0.4, 0.5) is 0 Å². The highest BCUT2D eigenvalue weighted by Crippen LogP contribution is 2.67. The molecule has 1 unspecified atom stereocenters. The van der Waals surface area contributed by atoms with Crippen molar-refractivity contribution in [3.05, 3.63) is 90.0 Å². The van der Waals surface area contributed by atoms with E-state index in [9.17, 15) is 4.79 Å². The number of hydrogen-bond acceptors (Lipinski definition) is 4. The van der Waals surface area contributed by atoms with Gasteiger partial charge in [0.1, 0.15) is 32.5 Å². The molecule has 1 aliphatic rings. The summed E-state index contributed by atoms with van der Waals surface area (Å²) in [4.78, 5) is 13.2. The van der Waals surface area contributed by atoms with Crippen molar-refractivity contribution >= 4 is 37.8 Å². The minimum absolute atomic E-state index is 0.166. The molecule has 4 rings (SSSR count). The first-order chi connectivity index (χ1) is 14.9. The van der Waals surface area contributed by atoms with E-state index in [1.807, 2.05) is 85.8 Å². The van der Waals surface area contributed by atoms with Crippen LogP contribution in [0, 0.1) is 0 Å². The van der Waals surface area contributed by atoms with Crippen LogP contribution < -0.4 is 9.47 Å². The number of benzene rings is 3. The molecule has 0 bridgehead atoms. The zero-order valence-electron chi connectivity index (χ0n) is 17.0. The molecular weight excluding hydrogens is 524 g/mol. The molecule has 4 nitrogen and oxygen atoms in total. The van der Waals surface area contributed by atoms with Gasteiger partial charge in [0.05, 0.1) is 6.61 Å². The molecular formula is C25H22Br2O4. The van der Waals surface area contributed by atoms with Gasteiger partial charge in [-0.25, -0.2) is 0 Å². The van der Waals surface area contributed by atoms with E-state index in [1.165, 1.54) is 0 Å². The van der Waals surface area contributed by atoms with E-state index in [-0.39, 0.29) is 12.6 Å². The van der Waals surface area contributed by atoms with Gasteiger partial charge >= 0.3 is 5.97 Å². The number of hydrogen-bond donors (Lipinski definition) is 0. The summed E-state index contributed by atoms with van der Waals surface area (Å²) < 4.78 is 16.6. The number of ether oxygens (including phenoxy) is 3. The average molecular weight is 546 g/mol. The normalized spacial score (nSPS) is 18.8. The fourth-order valence-corrected chi connectivity index (χ4v) is 5.16. The molecule has 160 valence electrons. The molecule has 0 aromatic heterocycles. The van der Waals surface area contributed by atoms with Gasteiger partial charge in [0.15, 0.2) is 0 Å². The predicted octanol–water partition coefficient (Wildman–Crippen LogP) is 6.75. The van der Waals surface area contributed by atoms with Crippen LogP contribution in [0.2, 0.25) is 0 Å². The number of rotatable bonds is 8. The van der Waals surface area contributed by atoms with Crippen molar-refractivity contribution in [2.75, 3.05) is 6.61 Å². The summed E-state index contributed by atoms with van der Waals surface area (Å²) in [7, 11) is 0. The highest BCUT2D eigenvalue weighted by atomic mass is 79.9. The van der Waals surface area contributed by atoms with Crippen molar-refractivity contribution in [3.63, 3.8) is 0 Å². The van der Waals surface area contributed by atoms with Gasteiger partial charge in [-0.05, 0) is 60.9 Å². The van der Waals surface area contributed by atoms with Crippen molar-refractivity contribution in [1.82, 2.24) is 0 Å². The molecule has 0 spiro atoms. The van der Waals surface area contributed by atoms with Gasteiger partial charge in [-0.1, -0.05) is 74.3 Å². The Balaban J connectivity index is 1.45. The van der Waals surface area contributed by atoms with Gasteiger partial charge in [0.2, 0.25) is 0 Å². The van der Waals surface area contributed by atoms with Crippen LogP contribution in [0.25, 0.3) is 0 Å². The molecule has 3 aromatic carbocycles. The number of para-hydroxylation sites is 1. The van der Waals surface area contributed by atoms with E-state index < -0.39 is 8.65 Å². The predicted molar refractivity (Wildman–Crippen MR) is 127 cm³/mol. The maximum absolute atomic E-state index is 13.2. The Hall–Kier alpha value is -2.31. The fourth-order valence-electron chi connectivity index (χ4n) is 3.54. The number of carbonyl (C=O) groups excluding carboxylic acids is 1. The quantitative estimate of drug-likeness (QED) is 0.232. The highest BCUT2D eigenvalue weighted by Gasteiger charge is 2.72. The minimum atomic E-state index is -0.782. The second-order valence-electron chi connectivity index (χ2n) is 7.38. The SMILES string of the molecule is CCOc1ccc(C2(C(=O)OCc3cccc(Oc4ccccc4)c3)CC2(Br)Br)cc1. The van der Waals surface area contributed by atoms with E-state index in [0.29, 0.717) is 18.8 Å². The van der Waals surface area contributed by atoms with Crippen molar-refractivity contribution in [1.29, 1.82) is 0 Å². The fraction of sp³-hybridized carbons (Fsp3) is 0.240. The Morgan fingerprint density at radius 3 is 2.23 bits per heavy atom. The van der Waals surface area contributed by atoms with E-state index in [2.05, 4.69) is 31.9 Å². The molecule has 0 amide bonds. The molecule has 1 saturated carbocycles. The lowest BCUT2D eigenvalue weighted by molar-refractivity contribution is -0.148. The third kappa shape index (κ3) is 4.65. The van der Waals surface area contributed by atoms with Crippen LogP contribution in [-0.2, 0) is 21.6 Å². The van der Waals surface area contributed by atoms with Crippen LogP contribution in [0.15, 0.2) is 78.9 Å². The smallest absolute Gasteiger partial charge is 0.319 e. The first kappa shape index (κ1) is 21.9. The van der Waals surface area contributed by atoms with Crippen LogP contribution in [-0.4, -0.2) is 15.8 Å². The van der Waals surface area contributed by atoms with Gasteiger partial charge in [0.25, 0.3) is 0 Å². The summed E-state index contributed by atoms with van der Waals surface area (Å²) in [6, 6.07) is 24.7.